The van der Waals surface area contributed by atoms with Crippen LogP contribution in [-0.4, -0.2) is 38.1 Å². The molecule has 1 aliphatic heterocycles. The Kier molecular flexibility index (Phi) is 2.90. The highest BCUT2D eigenvalue weighted by Gasteiger charge is 2.44. The highest BCUT2D eigenvalue weighted by atomic mass is 16.6. The summed E-state index contributed by atoms with van der Waals surface area (Å²) in [4.78, 5) is 15.2. The molecule has 94 valence electrons. The first kappa shape index (κ1) is 12.0. The average molecular weight is 241 g/mol. The number of aliphatic hydroxyl groups excluding tert-OH is 2. The van der Waals surface area contributed by atoms with Gasteiger partial charge in [0.25, 0.3) is 0 Å². The van der Waals surface area contributed by atoms with E-state index in [9.17, 15) is 9.90 Å². The Morgan fingerprint density at radius 1 is 1.76 bits per heavy atom. The Labute approximate surface area is 97.5 Å². The predicted molar refractivity (Wildman–Crippen MR) is 59.1 cm³/mol. The molecule has 3 atom stereocenters. The number of rotatable bonds is 2. The largest absolute Gasteiger partial charge is 0.393 e. The van der Waals surface area contributed by atoms with Crippen molar-refractivity contribution < 1.29 is 14.9 Å². The van der Waals surface area contributed by atoms with Gasteiger partial charge in [0.15, 0.2) is 0 Å². The van der Waals surface area contributed by atoms with E-state index in [0.29, 0.717) is 0 Å². The van der Waals surface area contributed by atoms with E-state index in [0.717, 1.165) is 0 Å². The minimum absolute atomic E-state index is 0.134. The lowest BCUT2D eigenvalue weighted by Crippen LogP contribution is -2.39. The molecule has 17 heavy (non-hydrogen) atoms. The zero-order valence-corrected chi connectivity index (χ0v) is 9.41. The molecule has 1 aliphatic rings. The Morgan fingerprint density at radius 3 is 3.00 bits per heavy atom. The number of anilines is 1. The van der Waals surface area contributed by atoms with Crippen LogP contribution in [0.5, 0.6) is 0 Å². The lowest BCUT2D eigenvalue weighted by atomic mass is 10.0. The summed E-state index contributed by atoms with van der Waals surface area (Å²) in [5.74, 6) is 0.134. The van der Waals surface area contributed by atoms with Crippen LogP contribution < -0.4 is 11.4 Å². The van der Waals surface area contributed by atoms with Gasteiger partial charge in [-0.3, -0.25) is 4.57 Å². The molecule has 0 amide bonds. The number of nitrogens with zero attached hydrogens (tertiary/aromatic N) is 2. The molecule has 0 radical (unpaired) electrons. The normalized spacial score (nSPS) is 32.9. The number of nitrogens with two attached hydrogens (primary N) is 1. The maximum absolute atomic E-state index is 11.6. The van der Waals surface area contributed by atoms with Gasteiger partial charge in [0.05, 0.1) is 12.7 Å². The van der Waals surface area contributed by atoms with E-state index in [1.807, 2.05) is 0 Å². The zero-order chi connectivity index (χ0) is 12.6. The molecule has 0 unspecified atom stereocenters. The number of nitrogen functional groups attached to an aromatic ring is 1. The summed E-state index contributed by atoms with van der Waals surface area (Å²) in [5.41, 5.74) is 3.79. The first-order valence-electron chi connectivity index (χ1n) is 5.28. The Balaban J connectivity index is 2.29. The molecule has 1 aromatic rings. The lowest BCUT2D eigenvalue weighted by molar-refractivity contribution is -0.116. The van der Waals surface area contributed by atoms with Gasteiger partial charge in [-0.2, -0.15) is 4.98 Å². The average Bonchev–Trinajstić information content (AvgIpc) is 2.56. The number of aliphatic hydroxyl groups is 2. The van der Waals surface area contributed by atoms with Crippen LogP contribution in [0.3, 0.4) is 0 Å². The molecule has 0 bridgehead atoms. The van der Waals surface area contributed by atoms with Crippen molar-refractivity contribution in [1.29, 1.82) is 0 Å². The van der Waals surface area contributed by atoms with Crippen molar-refractivity contribution in [2.24, 2.45) is 0 Å². The third kappa shape index (κ3) is 2.04. The van der Waals surface area contributed by atoms with E-state index in [1.54, 1.807) is 6.92 Å². The van der Waals surface area contributed by atoms with Crippen molar-refractivity contribution in [3.63, 3.8) is 0 Å². The van der Waals surface area contributed by atoms with Crippen molar-refractivity contribution in [3.8, 4) is 0 Å². The van der Waals surface area contributed by atoms with Crippen LogP contribution in [-0.2, 0) is 4.74 Å². The van der Waals surface area contributed by atoms with Gasteiger partial charge in [0, 0.05) is 12.6 Å². The van der Waals surface area contributed by atoms with Crippen molar-refractivity contribution >= 4 is 5.82 Å². The molecule has 0 spiro atoms. The fraction of sp³-hybridized carbons (Fsp3) is 0.600. The van der Waals surface area contributed by atoms with Crippen LogP contribution in [0.4, 0.5) is 5.82 Å². The Morgan fingerprint density at radius 2 is 2.47 bits per heavy atom. The van der Waals surface area contributed by atoms with Crippen LogP contribution in [0.2, 0.25) is 0 Å². The maximum Gasteiger partial charge on any atom is 0.351 e. The van der Waals surface area contributed by atoms with Gasteiger partial charge in [-0.15, -0.1) is 0 Å². The highest BCUT2D eigenvalue weighted by Crippen LogP contribution is 2.35. The summed E-state index contributed by atoms with van der Waals surface area (Å²) in [6.45, 7) is 1.27. The molecular formula is C10H15N3O4. The van der Waals surface area contributed by atoms with E-state index in [-0.39, 0.29) is 18.8 Å². The lowest BCUT2D eigenvalue weighted by Gasteiger charge is -2.24. The van der Waals surface area contributed by atoms with Gasteiger partial charge in [-0.25, -0.2) is 4.79 Å². The molecule has 4 N–H and O–H groups in total. The first-order chi connectivity index (χ1) is 7.96. The van der Waals surface area contributed by atoms with Crippen LogP contribution in [0.25, 0.3) is 0 Å². The van der Waals surface area contributed by atoms with Crippen molar-refractivity contribution in [3.05, 3.63) is 22.7 Å². The summed E-state index contributed by atoms with van der Waals surface area (Å²) in [7, 11) is 0. The van der Waals surface area contributed by atoms with Gasteiger partial charge in [0.2, 0.25) is 0 Å². The van der Waals surface area contributed by atoms with Crippen molar-refractivity contribution in [2.45, 2.75) is 31.3 Å². The van der Waals surface area contributed by atoms with Gasteiger partial charge >= 0.3 is 5.69 Å². The van der Waals surface area contributed by atoms with Gasteiger partial charge in [-0.05, 0) is 13.0 Å². The van der Waals surface area contributed by atoms with Crippen LogP contribution in [0, 0.1) is 0 Å². The minimum atomic E-state index is -1.05. The Hall–Kier alpha value is -1.44. The number of hydrogen-bond donors (Lipinski definition) is 3. The van der Waals surface area contributed by atoms with Crippen LogP contribution in [0.15, 0.2) is 17.1 Å². The van der Waals surface area contributed by atoms with E-state index in [2.05, 4.69) is 4.98 Å². The van der Waals surface area contributed by atoms with E-state index < -0.39 is 23.6 Å². The maximum atomic E-state index is 11.6. The summed E-state index contributed by atoms with van der Waals surface area (Å²) < 4.78 is 6.75. The molecule has 1 saturated heterocycles. The molecule has 0 aromatic carbocycles. The summed E-state index contributed by atoms with van der Waals surface area (Å²) in [6, 6.07) is 1.48. The molecule has 7 heteroatoms. The van der Waals surface area contributed by atoms with Crippen LogP contribution >= 0.6 is 0 Å². The number of aromatic nitrogens is 2. The molecule has 2 heterocycles. The van der Waals surface area contributed by atoms with Gasteiger partial charge in [0.1, 0.15) is 17.6 Å². The predicted octanol–water partition coefficient (Wildman–Crippen LogP) is -1.14. The fourth-order valence-corrected chi connectivity index (χ4v) is 1.84. The standard InChI is InChI=1S/C10H15N3O4/c1-10(5-14)6(15)4-8(17-10)13-3-2-7(11)12-9(13)16/h2-3,6,8,14-15H,4-5H2,1H3,(H2,11,12,16)/t6-,8+,10+/m1/s1. The molecule has 0 aliphatic carbocycles. The van der Waals surface area contributed by atoms with Crippen molar-refractivity contribution in [2.75, 3.05) is 12.3 Å². The van der Waals surface area contributed by atoms with Crippen LogP contribution in [0.1, 0.15) is 19.6 Å². The number of hydrogen-bond acceptors (Lipinski definition) is 6. The van der Waals surface area contributed by atoms with E-state index >= 15 is 0 Å². The third-order valence-corrected chi connectivity index (χ3v) is 3.01. The minimum Gasteiger partial charge on any atom is -0.393 e. The second kappa shape index (κ2) is 4.10. The summed E-state index contributed by atoms with van der Waals surface area (Å²) in [6.07, 6.45) is 0.220. The van der Waals surface area contributed by atoms with Crippen molar-refractivity contribution in [1.82, 2.24) is 9.55 Å². The second-order valence-electron chi connectivity index (χ2n) is 4.34. The highest BCUT2D eigenvalue weighted by molar-refractivity contribution is 5.23. The SMILES string of the molecule is C[C@@]1(CO)O[C@H](n2ccc(N)nc2=O)C[C@H]1O. The topological polar surface area (TPSA) is 111 Å². The molecule has 2 rings (SSSR count). The van der Waals surface area contributed by atoms with Gasteiger partial charge < -0.3 is 20.7 Å². The number of ether oxygens (including phenoxy) is 1. The summed E-state index contributed by atoms with van der Waals surface area (Å²) in [5, 5.41) is 18.9. The molecule has 7 nitrogen and oxygen atoms in total. The van der Waals surface area contributed by atoms with E-state index in [4.69, 9.17) is 15.6 Å². The third-order valence-electron chi connectivity index (χ3n) is 3.01. The molecule has 1 fully saturated rings. The fourth-order valence-electron chi connectivity index (χ4n) is 1.84. The van der Waals surface area contributed by atoms with Gasteiger partial charge in [-0.1, -0.05) is 0 Å². The molecule has 0 saturated carbocycles. The monoisotopic (exact) mass is 241 g/mol. The smallest absolute Gasteiger partial charge is 0.351 e. The Bertz CT molecular complexity index is 475. The zero-order valence-electron chi connectivity index (χ0n) is 9.41. The second-order valence-corrected chi connectivity index (χ2v) is 4.34. The molecule has 1 aromatic heterocycles. The molecular weight excluding hydrogens is 226 g/mol. The summed E-state index contributed by atoms with van der Waals surface area (Å²) >= 11 is 0. The quantitative estimate of drug-likeness (QED) is 0.603. The van der Waals surface area contributed by atoms with E-state index in [1.165, 1.54) is 16.8 Å². The first-order valence-corrected chi connectivity index (χ1v) is 5.28.